The lowest BCUT2D eigenvalue weighted by Gasteiger charge is -2.37. The molecule has 1 N–H and O–H groups in total. The highest BCUT2D eigenvalue weighted by molar-refractivity contribution is 6.31. The van der Waals surface area contributed by atoms with Gasteiger partial charge in [0, 0.05) is 43.9 Å². The summed E-state index contributed by atoms with van der Waals surface area (Å²) in [6.07, 6.45) is 4.13. The van der Waals surface area contributed by atoms with Crippen molar-refractivity contribution in [2.75, 3.05) is 37.6 Å². The lowest BCUT2D eigenvalue weighted by atomic mass is 10.0. The second-order valence-corrected chi connectivity index (χ2v) is 7.25. The molecule has 5 nitrogen and oxygen atoms in total. The van der Waals surface area contributed by atoms with Crippen LogP contribution in [-0.2, 0) is 0 Å². The number of benzene rings is 1. The summed E-state index contributed by atoms with van der Waals surface area (Å²) in [6.45, 7) is 4.24. The van der Waals surface area contributed by atoms with Crippen LogP contribution in [0.2, 0.25) is 5.02 Å². The van der Waals surface area contributed by atoms with Crippen molar-refractivity contribution in [2.45, 2.75) is 18.9 Å². The van der Waals surface area contributed by atoms with Crippen LogP contribution >= 0.6 is 36.4 Å². The second-order valence-electron chi connectivity index (χ2n) is 6.84. The number of aromatic nitrogens is 1. The maximum absolute atomic E-state index is 13.1. The molecule has 1 aromatic carbocycles. The van der Waals surface area contributed by atoms with Gasteiger partial charge in [0.2, 0.25) is 0 Å². The normalized spacial score (nSPS) is 19.0. The second kappa shape index (κ2) is 10.3. The highest BCUT2D eigenvalue weighted by Gasteiger charge is 2.30. The first-order valence-corrected chi connectivity index (χ1v) is 9.59. The van der Waals surface area contributed by atoms with E-state index < -0.39 is 0 Å². The van der Waals surface area contributed by atoms with E-state index in [0.29, 0.717) is 23.7 Å². The summed E-state index contributed by atoms with van der Waals surface area (Å²) in [6, 6.07) is 11.5. The molecule has 1 aromatic heterocycles. The van der Waals surface area contributed by atoms with E-state index in [1.807, 2.05) is 41.3 Å². The molecule has 0 spiro atoms. The Labute approximate surface area is 183 Å². The number of piperazine rings is 1. The fourth-order valence-electron chi connectivity index (χ4n) is 3.78. The van der Waals surface area contributed by atoms with Crippen molar-refractivity contribution in [3.05, 3.63) is 58.7 Å². The van der Waals surface area contributed by atoms with Crippen LogP contribution in [0.3, 0.4) is 0 Å². The van der Waals surface area contributed by atoms with Crippen molar-refractivity contribution in [3.8, 4) is 0 Å². The fraction of sp³-hybridized carbons (Fsp3) is 0.400. The van der Waals surface area contributed by atoms with Gasteiger partial charge in [-0.3, -0.25) is 4.79 Å². The van der Waals surface area contributed by atoms with Gasteiger partial charge in [0.25, 0.3) is 5.91 Å². The fourth-order valence-corrected chi connectivity index (χ4v) is 4.04. The average molecular weight is 444 g/mol. The Morgan fingerprint density at radius 3 is 2.50 bits per heavy atom. The molecule has 2 aliphatic heterocycles. The molecule has 2 saturated heterocycles. The number of carbonyl (C=O) groups excluding carboxylic acids is 1. The summed E-state index contributed by atoms with van der Waals surface area (Å²) >= 11 is 6.38. The van der Waals surface area contributed by atoms with Crippen LogP contribution in [-0.4, -0.2) is 48.5 Å². The maximum atomic E-state index is 13.1. The Bertz CT molecular complexity index is 781. The van der Waals surface area contributed by atoms with Crippen molar-refractivity contribution in [1.82, 2.24) is 15.2 Å². The molecular formula is C20H25Cl3N4O. The Kier molecular flexibility index (Phi) is 8.38. The van der Waals surface area contributed by atoms with Crippen LogP contribution in [0.5, 0.6) is 0 Å². The van der Waals surface area contributed by atoms with Gasteiger partial charge in [-0.15, -0.1) is 24.8 Å². The molecule has 3 heterocycles. The summed E-state index contributed by atoms with van der Waals surface area (Å²) < 4.78 is 0. The number of carbonyl (C=O) groups is 1. The molecule has 2 fully saturated rings. The number of pyridine rings is 1. The zero-order chi connectivity index (χ0) is 17.9. The minimum atomic E-state index is -0.0665. The van der Waals surface area contributed by atoms with Crippen molar-refractivity contribution in [2.24, 2.45) is 0 Å². The molecule has 28 heavy (non-hydrogen) atoms. The van der Waals surface area contributed by atoms with Crippen LogP contribution in [0, 0.1) is 0 Å². The summed E-state index contributed by atoms with van der Waals surface area (Å²) in [7, 11) is 0. The monoisotopic (exact) mass is 442 g/mol. The van der Waals surface area contributed by atoms with Gasteiger partial charge in [-0.2, -0.15) is 0 Å². The van der Waals surface area contributed by atoms with E-state index in [1.54, 1.807) is 6.20 Å². The molecule has 1 atom stereocenters. The summed E-state index contributed by atoms with van der Waals surface area (Å²) in [5, 5.41) is 4.06. The van der Waals surface area contributed by atoms with Crippen molar-refractivity contribution in [3.63, 3.8) is 0 Å². The quantitative estimate of drug-likeness (QED) is 0.780. The lowest BCUT2D eigenvalue weighted by molar-refractivity contribution is 0.0634. The number of amides is 1. The number of anilines is 1. The predicted molar refractivity (Wildman–Crippen MR) is 118 cm³/mol. The van der Waals surface area contributed by atoms with Crippen molar-refractivity contribution in [1.29, 1.82) is 0 Å². The van der Waals surface area contributed by atoms with E-state index in [1.165, 1.54) is 12.8 Å². The SMILES string of the molecule is Cl.Cl.O=C(c1ccc(N2CCCC2)nc1)N1CCNCC1c1ccccc1Cl. The Morgan fingerprint density at radius 2 is 1.82 bits per heavy atom. The number of nitrogens with one attached hydrogen (secondary N) is 1. The smallest absolute Gasteiger partial charge is 0.256 e. The Hall–Kier alpha value is -1.53. The van der Waals surface area contributed by atoms with Gasteiger partial charge < -0.3 is 15.1 Å². The standard InChI is InChI=1S/C20H23ClN4O.2ClH/c21-17-6-2-1-5-16(17)18-14-22-9-12-25(18)20(26)15-7-8-19(23-13-15)24-10-3-4-11-24;;/h1-2,5-8,13,18,22H,3-4,9-12,14H2;2*1H. The largest absolute Gasteiger partial charge is 0.357 e. The molecule has 0 aliphatic carbocycles. The highest BCUT2D eigenvalue weighted by atomic mass is 35.5. The zero-order valence-corrected chi connectivity index (χ0v) is 17.9. The molecule has 0 radical (unpaired) electrons. The van der Waals surface area contributed by atoms with Gasteiger partial charge in [0.15, 0.2) is 0 Å². The van der Waals surface area contributed by atoms with Gasteiger partial charge >= 0.3 is 0 Å². The van der Waals surface area contributed by atoms with Gasteiger partial charge in [-0.05, 0) is 36.6 Å². The maximum Gasteiger partial charge on any atom is 0.256 e. The number of hydrogen-bond acceptors (Lipinski definition) is 4. The predicted octanol–water partition coefficient (Wildman–Crippen LogP) is 3.97. The molecule has 2 aromatic rings. The van der Waals surface area contributed by atoms with Crippen LogP contribution in [0.25, 0.3) is 0 Å². The Morgan fingerprint density at radius 1 is 1.07 bits per heavy atom. The first-order valence-electron chi connectivity index (χ1n) is 9.21. The van der Waals surface area contributed by atoms with E-state index in [0.717, 1.165) is 31.0 Å². The number of hydrogen-bond donors (Lipinski definition) is 1. The van der Waals surface area contributed by atoms with Crippen LogP contribution in [0.1, 0.15) is 34.8 Å². The van der Waals surface area contributed by atoms with E-state index in [2.05, 4.69) is 15.2 Å². The molecule has 0 bridgehead atoms. The van der Waals surface area contributed by atoms with E-state index in [-0.39, 0.29) is 36.8 Å². The minimum Gasteiger partial charge on any atom is -0.357 e. The van der Waals surface area contributed by atoms with Crippen LogP contribution < -0.4 is 10.2 Å². The molecule has 2 aliphatic rings. The molecule has 8 heteroatoms. The third kappa shape index (κ3) is 4.71. The summed E-state index contributed by atoms with van der Waals surface area (Å²) in [5.74, 6) is 0.971. The van der Waals surface area contributed by atoms with Gasteiger partial charge in [0.05, 0.1) is 11.6 Å². The van der Waals surface area contributed by atoms with Crippen LogP contribution in [0.4, 0.5) is 5.82 Å². The van der Waals surface area contributed by atoms with Crippen molar-refractivity contribution < 1.29 is 4.79 Å². The van der Waals surface area contributed by atoms with E-state index >= 15 is 0 Å². The topological polar surface area (TPSA) is 48.5 Å². The number of nitrogens with zero attached hydrogens (tertiary/aromatic N) is 3. The highest BCUT2D eigenvalue weighted by Crippen LogP contribution is 2.29. The lowest BCUT2D eigenvalue weighted by Crippen LogP contribution is -2.48. The summed E-state index contributed by atoms with van der Waals surface area (Å²) in [4.78, 5) is 21.8. The average Bonchev–Trinajstić information content (AvgIpc) is 3.23. The summed E-state index contributed by atoms with van der Waals surface area (Å²) in [5.41, 5.74) is 1.61. The molecule has 152 valence electrons. The van der Waals surface area contributed by atoms with E-state index in [4.69, 9.17) is 11.6 Å². The molecule has 0 saturated carbocycles. The zero-order valence-electron chi connectivity index (χ0n) is 15.5. The van der Waals surface area contributed by atoms with Crippen LogP contribution in [0.15, 0.2) is 42.6 Å². The molecule has 1 unspecified atom stereocenters. The van der Waals surface area contributed by atoms with Gasteiger partial charge in [0.1, 0.15) is 5.82 Å². The first kappa shape index (κ1) is 22.8. The van der Waals surface area contributed by atoms with Gasteiger partial charge in [-0.25, -0.2) is 4.98 Å². The van der Waals surface area contributed by atoms with Crippen molar-refractivity contribution >= 4 is 48.1 Å². The van der Waals surface area contributed by atoms with Gasteiger partial charge in [-0.1, -0.05) is 29.8 Å². The molecule has 1 amide bonds. The third-order valence-corrected chi connectivity index (χ3v) is 5.54. The first-order chi connectivity index (χ1) is 12.7. The Balaban J connectivity index is 0.00000140. The number of rotatable bonds is 3. The van der Waals surface area contributed by atoms with E-state index in [9.17, 15) is 4.79 Å². The number of halogens is 3. The molecular weight excluding hydrogens is 419 g/mol. The molecule has 4 rings (SSSR count). The third-order valence-electron chi connectivity index (χ3n) is 5.19. The minimum absolute atomic E-state index is 0.